The van der Waals surface area contributed by atoms with Crippen molar-refractivity contribution in [3.63, 3.8) is 0 Å². The number of amides is 1. The van der Waals surface area contributed by atoms with Crippen molar-refractivity contribution in [2.24, 2.45) is 0 Å². The highest BCUT2D eigenvalue weighted by Crippen LogP contribution is 2.27. The molecule has 0 unspecified atom stereocenters. The van der Waals surface area contributed by atoms with Crippen LogP contribution in [0.15, 0.2) is 36.4 Å². The molecule has 0 spiro atoms. The molecule has 0 aliphatic carbocycles. The molecule has 144 valence electrons. The Morgan fingerprint density at radius 3 is 2.52 bits per heavy atom. The summed E-state index contributed by atoms with van der Waals surface area (Å²) in [5.74, 6) is 0.557. The van der Waals surface area contributed by atoms with Crippen molar-refractivity contribution in [2.45, 2.75) is 6.92 Å². The average molecular weight is 409 g/mol. The number of rotatable bonds is 5. The predicted octanol–water partition coefficient (Wildman–Crippen LogP) is 2.65. The number of benzene rings is 2. The number of hydrogen-bond acceptors (Lipinski definition) is 3. The van der Waals surface area contributed by atoms with Crippen LogP contribution < -0.4 is 19.9 Å². The number of carbonyl (C=O) groups is 1. The summed E-state index contributed by atoms with van der Waals surface area (Å²) >= 11 is 12.2. The van der Waals surface area contributed by atoms with E-state index < -0.39 is 0 Å². The minimum Gasteiger partial charge on any atom is -0.495 e. The first kappa shape index (κ1) is 19.8. The number of aryl methyl sites for hydroxylation is 1. The maximum atomic E-state index is 12.4. The number of nitrogens with zero attached hydrogens (tertiary/aromatic N) is 1. The van der Waals surface area contributed by atoms with Gasteiger partial charge in [0.2, 0.25) is 0 Å². The standard InChI is InChI=1S/C20H23Cl2N3O2/c1-14-3-4-16(22)12-18(14)25-9-7-24(8-10-25)13-20(26)23-17-11-15(21)5-6-19(17)27-2/h3-6,11-12H,7-10,13H2,1-2H3,(H,23,26)/p+1. The van der Waals surface area contributed by atoms with E-state index >= 15 is 0 Å². The number of hydrogen-bond donors (Lipinski definition) is 2. The maximum Gasteiger partial charge on any atom is 0.279 e. The number of piperazine rings is 1. The smallest absolute Gasteiger partial charge is 0.279 e. The molecule has 1 amide bonds. The maximum absolute atomic E-state index is 12.4. The Morgan fingerprint density at radius 1 is 1.15 bits per heavy atom. The van der Waals surface area contributed by atoms with Crippen molar-refractivity contribution in [3.8, 4) is 5.75 Å². The third-order valence-electron chi connectivity index (χ3n) is 4.83. The third-order valence-corrected chi connectivity index (χ3v) is 5.30. The number of nitrogens with one attached hydrogen (secondary N) is 2. The van der Waals surface area contributed by atoms with E-state index in [2.05, 4.69) is 17.1 Å². The number of quaternary nitrogens is 1. The van der Waals surface area contributed by atoms with Crippen LogP contribution in [0.1, 0.15) is 5.56 Å². The summed E-state index contributed by atoms with van der Waals surface area (Å²) < 4.78 is 5.28. The molecule has 0 saturated carbocycles. The zero-order chi connectivity index (χ0) is 19.4. The molecule has 0 aromatic heterocycles. The number of methoxy groups -OCH3 is 1. The summed E-state index contributed by atoms with van der Waals surface area (Å²) in [6.07, 6.45) is 0. The van der Waals surface area contributed by atoms with Crippen molar-refractivity contribution < 1.29 is 14.4 Å². The molecule has 3 rings (SSSR count). The third kappa shape index (κ3) is 5.06. The second-order valence-corrected chi connectivity index (χ2v) is 7.61. The van der Waals surface area contributed by atoms with Gasteiger partial charge >= 0.3 is 0 Å². The van der Waals surface area contributed by atoms with E-state index in [1.54, 1.807) is 25.3 Å². The van der Waals surface area contributed by atoms with Gasteiger partial charge in [-0.2, -0.15) is 0 Å². The Bertz CT molecular complexity index is 821. The summed E-state index contributed by atoms with van der Waals surface area (Å²) in [6, 6.07) is 11.2. The zero-order valence-corrected chi connectivity index (χ0v) is 17.0. The van der Waals surface area contributed by atoms with Crippen LogP contribution in [-0.2, 0) is 4.79 Å². The van der Waals surface area contributed by atoms with Gasteiger partial charge in [0.25, 0.3) is 5.91 Å². The molecule has 1 aliphatic heterocycles. The average Bonchev–Trinajstić information content (AvgIpc) is 2.64. The first-order valence-corrected chi connectivity index (χ1v) is 9.70. The second-order valence-electron chi connectivity index (χ2n) is 6.74. The fourth-order valence-electron chi connectivity index (χ4n) is 3.36. The van der Waals surface area contributed by atoms with Gasteiger partial charge in [0.15, 0.2) is 6.54 Å². The summed E-state index contributed by atoms with van der Waals surface area (Å²) in [4.78, 5) is 16.0. The lowest BCUT2D eigenvalue weighted by atomic mass is 10.1. The Balaban J connectivity index is 1.55. The van der Waals surface area contributed by atoms with E-state index in [0.29, 0.717) is 23.0 Å². The van der Waals surface area contributed by atoms with Crippen LogP contribution in [-0.4, -0.2) is 45.7 Å². The molecule has 2 aromatic carbocycles. The van der Waals surface area contributed by atoms with Gasteiger partial charge in [0.05, 0.1) is 39.0 Å². The van der Waals surface area contributed by atoms with E-state index in [1.165, 1.54) is 16.2 Å². The Labute approximate surface area is 169 Å². The lowest BCUT2D eigenvalue weighted by Crippen LogP contribution is -3.15. The Kier molecular flexibility index (Phi) is 6.47. The molecule has 1 saturated heterocycles. The highest BCUT2D eigenvalue weighted by atomic mass is 35.5. The van der Waals surface area contributed by atoms with E-state index in [9.17, 15) is 4.79 Å². The molecule has 0 radical (unpaired) electrons. The lowest BCUT2D eigenvalue weighted by Gasteiger charge is -2.34. The quantitative estimate of drug-likeness (QED) is 0.799. The van der Waals surface area contributed by atoms with Gasteiger partial charge in [-0.05, 0) is 42.8 Å². The first-order valence-electron chi connectivity index (χ1n) is 8.94. The second kappa shape index (κ2) is 8.83. The first-order chi connectivity index (χ1) is 13.0. The van der Waals surface area contributed by atoms with Crippen molar-refractivity contribution in [3.05, 3.63) is 52.0 Å². The SMILES string of the molecule is COc1ccc(Cl)cc1NC(=O)C[NH+]1CCN(c2cc(Cl)ccc2C)CC1. The van der Waals surface area contributed by atoms with Crippen LogP contribution in [0.5, 0.6) is 5.75 Å². The molecule has 27 heavy (non-hydrogen) atoms. The highest BCUT2D eigenvalue weighted by molar-refractivity contribution is 6.31. The van der Waals surface area contributed by atoms with Gasteiger partial charge in [0, 0.05) is 15.7 Å². The molecular formula is C20H24Cl2N3O2+. The van der Waals surface area contributed by atoms with Crippen molar-refractivity contribution in [1.29, 1.82) is 0 Å². The summed E-state index contributed by atoms with van der Waals surface area (Å²) in [6.45, 7) is 6.08. The fraction of sp³-hybridized carbons (Fsp3) is 0.350. The molecule has 2 aromatic rings. The molecule has 0 atom stereocenters. The van der Waals surface area contributed by atoms with Crippen LogP contribution in [0.3, 0.4) is 0 Å². The van der Waals surface area contributed by atoms with E-state index in [4.69, 9.17) is 27.9 Å². The molecule has 2 N–H and O–H groups in total. The zero-order valence-electron chi connectivity index (χ0n) is 15.5. The van der Waals surface area contributed by atoms with Crippen molar-refractivity contribution >= 4 is 40.5 Å². The topological polar surface area (TPSA) is 46.0 Å². The van der Waals surface area contributed by atoms with Crippen LogP contribution in [0, 0.1) is 6.92 Å². The molecule has 5 nitrogen and oxygen atoms in total. The Morgan fingerprint density at radius 2 is 1.81 bits per heavy atom. The molecule has 1 heterocycles. The van der Waals surface area contributed by atoms with Crippen molar-refractivity contribution in [1.82, 2.24) is 0 Å². The number of carbonyl (C=O) groups excluding carboxylic acids is 1. The molecule has 1 aliphatic rings. The number of ether oxygens (including phenoxy) is 1. The normalized spacial score (nSPS) is 14.9. The fourth-order valence-corrected chi connectivity index (χ4v) is 3.70. The predicted molar refractivity (Wildman–Crippen MR) is 111 cm³/mol. The van der Waals surface area contributed by atoms with E-state index in [-0.39, 0.29) is 5.91 Å². The largest absolute Gasteiger partial charge is 0.495 e. The number of anilines is 2. The van der Waals surface area contributed by atoms with Gasteiger partial charge in [-0.1, -0.05) is 29.3 Å². The van der Waals surface area contributed by atoms with Crippen molar-refractivity contribution in [2.75, 3.05) is 50.1 Å². The minimum atomic E-state index is -0.0436. The van der Waals surface area contributed by atoms with E-state index in [1.807, 2.05) is 18.2 Å². The summed E-state index contributed by atoms with van der Waals surface area (Å²) in [7, 11) is 1.57. The van der Waals surface area contributed by atoms with Gasteiger partial charge in [-0.3, -0.25) is 4.79 Å². The van der Waals surface area contributed by atoms with Crippen LogP contribution >= 0.6 is 23.2 Å². The monoisotopic (exact) mass is 408 g/mol. The van der Waals surface area contributed by atoms with Gasteiger partial charge in [-0.25, -0.2) is 0 Å². The van der Waals surface area contributed by atoms with Crippen LogP contribution in [0.25, 0.3) is 0 Å². The number of halogens is 2. The van der Waals surface area contributed by atoms with Gasteiger partial charge in [0.1, 0.15) is 5.75 Å². The molecule has 0 bridgehead atoms. The van der Waals surface area contributed by atoms with Gasteiger partial charge < -0.3 is 19.9 Å². The lowest BCUT2D eigenvalue weighted by molar-refractivity contribution is -0.892. The molecule has 1 fully saturated rings. The minimum absolute atomic E-state index is 0.0436. The Hall–Kier alpha value is -1.95. The van der Waals surface area contributed by atoms with Crippen LogP contribution in [0.2, 0.25) is 10.0 Å². The molecular weight excluding hydrogens is 385 g/mol. The summed E-state index contributed by atoms with van der Waals surface area (Å²) in [5, 5.41) is 4.22. The van der Waals surface area contributed by atoms with Crippen LogP contribution in [0.4, 0.5) is 11.4 Å². The summed E-state index contributed by atoms with van der Waals surface area (Å²) in [5.41, 5.74) is 2.99. The van der Waals surface area contributed by atoms with E-state index in [0.717, 1.165) is 31.2 Å². The highest BCUT2D eigenvalue weighted by Gasteiger charge is 2.23. The molecule has 7 heteroatoms. The van der Waals surface area contributed by atoms with Gasteiger partial charge in [-0.15, -0.1) is 0 Å².